The summed E-state index contributed by atoms with van der Waals surface area (Å²) in [5.74, 6) is -0.0553. The summed E-state index contributed by atoms with van der Waals surface area (Å²) in [7, 11) is 0. The molecule has 0 saturated heterocycles. The maximum Gasteiger partial charge on any atom is 0.253 e. The van der Waals surface area contributed by atoms with Crippen LogP contribution in [0.3, 0.4) is 0 Å². The number of aromatic amines is 1. The van der Waals surface area contributed by atoms with Crippen LogP contribution >= 0.6 is 11.8 Å². The zero-order chi connectivity index (χ0) is 20.5. The predicted octanol–water partition coefficient (Wildman–Crippen LogP) is 3.60. The molecule has 4 aromatic rings. The van der Waals surface area contributed by atoms with E-state index in [1.807, 2.05) is 30.3 Å². The quantitative estimate of drug-likeness (QED) is 0.346. The van der Waals surface area contributed by atoms with Crippen LogP contribution in [-0.4, -0.2) is 25.7 Å². The molecule has 0 aliphatic rings. The number of hydrogen-bond donors (Lipinski definition) is 3. The van der Waals surface area contributed by atoms with Crippen molar-refractivity contribution in [3.05, 3.63) is 58.9 Å². The number of rotatable bonds is 5. The van der Waals surface area contributed by atoms with Crippen molar-refractivity contribution < 1.29 is 4.79 Å². The highest BCUT2D eigenvalue weighted by Crippen LogP contribution is 2.31. The topological polar surface area (TPSA) is 106 Å². The van der Waals surface area contributed by atoms with Crippen LogP contribution in [0.15, 0.2) is 58.5 Å². The van der Waals surface area contributed by atoms with E-state index in [0.29, 0.717) is 5.16 Å². The van der Waals surface area contributed by atoms with Gasteiger partial charge in [-0.25, -0.2) is 4.98 Å². The first-order valence-corrected chi connectivity index (χ1v) is 10.2. The van der Waals surface area contributed by atoms with Gasteiger partial charge in [-0.3, -0.25) is 9.59 Å². The number of nitrogens with one attached hydrogen (secondary N) is 2. The van der Waals surface area contributed by atoms with E-state index >= 15 is 0 Å². The van der Waals surface area contributed by atoms with Gasteiger partial charge in [0.25, 0.3) is 5.56 Å². The van der Waals surface area contributed by atoms with E-state index in [9.17, 15) is 9.59 Å². The lowest BCUT2D eigenvalue weighted by molar-refractivity contribution is -0.115. The molecular weight excluding hydrogens is 386 g/mol. The van der Waals surface area contributed by atoms with Gasteiger partial charge >= 0.3 is 0 Å². The molecule has 29 heavy (non-hydrogen) atoms. The number of aryl methyl sites for hydroxylation is 1. The Kier molecular flexibility index (Phi) is 5.02. The van der Waals surface area contributed by atoms with Crippen molar-refractivity contribution in [1.29, 1.82) is 0 Å². The lowest BCUT2D eigenvalue weighted by Crippen LogP contribution is -2.23. The van der Waals surface area contributed by atoms with Crippen molar-refractivity contribution in [1.82, 2.24) is 14.5 Å². The molecule has 0 spiro atoms. The summed E-state index contributed by atoms with van der Waals surface area (Å²) in [5.41, 5.74) is 8.29. The normalized spacial score (nSPS) is 12.3. The number of fused-ring (bicyclic) bond motifs is 3. The number of carbonyl (C=O) groups excluding carboxylic acids is 1. The molecule has 2 heterocycles. The Bertz CT molecular complexity index is 1280. The van der Waals surface area contributed by atoms with Gasteiger partial charge in [-0.1, -0.05) is 30.0 Å². The molecule has 2 aromatic heterocycles. The number of H-pyrrole nitrogens is 1. The second-order valence-corrected chi connectivity index (χ2v) is 8.05. The standard InChI is InChI=1S/C21H21N5O2S/c1-3-26-16-7-5-4-6-14(16)15-10-13(8-9-17(15)26)23-20(28)12(2)29-21-24-18(22)11-19(27)25-21/h4-12H,3H2,1-2H3,(H,23,28)(H3,22,24,25,27). The van der Waals surface area contributed by atoms with E-state index < -0.39 is 5.25 Å². The zero-order valence-corrected chi connectivity index (χ0v) is 16.9. The van der Waals surface area contributed by atoms with Gasteiger partial charge in [0.05, 0.1) is 5.25 Å². The number of thioether (sulfide) groups is 1. The largest absolute Gasteiger partial charge is 0.383 e. The smallest absolute Gasteiger partial charge is 0.253 e. The summed E-state index contributed by atoms with van der Waals surface area (Å²) in [4.78, 5) is 30.8. The SMILES string of the molecule is CCn1c2ccccc2c2cc(NC(=O)C(C)Sc3nc(N)cc(=O)[nH]3)ccc21. The summed E-state index contributed by atoms with van der Waals surface area (Å²) in [6.45, 7) is 4.74. The van der Waals surface area contributed by atoms with Crippen molar-refractivity contribution in [2.45, 2.75) is 30.8 Å². The molecular formula is C21H21N5O2S. The van der Waals surface area contributed by atoms with E-state index in [2.05, 4.69) is 38.9 Å². The van der Waals surface area contributed by atoms with Crippen LogP contribution < -0.4 is 16.6 Å². The third-order valence-corrected chi connectivity index (χ3v) is 5.74. The Balaban J connectivity index is 1.59. The summed E-state index contributed by atoms with van der Waals surface area (Å²) < 4.78 is 2.26. The van der Waals surface area contributed by atoms with Crippen molar-refractivity contribution in [2.75, 3.05) is 11.1 Å². The van der Waals surface area contributed by atoms with Crippen molar-refractivity contribution in [3.8, 4) is 0 Å². The first-order valence-electron chi connectivity index (χ1n) is 9.31. The Morgan fingerprint density at radius 1 is 1.21 bits per heavy atom. The van der Waals surface area contributed by atoms with Crippen LogP contribution in [0.4, 0.5) is 11.5 Å². The average molecular weight is 407 g/mol. The highest BCUT2D eigenvalue weighted by Gasteiger charge is 2.17. The highest BCUT2D eigenvalue weighted by molar-refractivity contribution is 8.00. The van der Waals surface area contributed by atoms with Crippen LogP contribution in [0.25, 0.3) is 21.8 Å². The van der Waals surface area contributed by atoms with Crippen LogP contribution in [0.2, 0.25) is 0 Å². The average Bonchev–Trinajstić information content (AvgIpc) is 3.00. The Morgan fingerprint density at radius 2 is 1.97 bits per heavy atom. The van der Waals surface area contributed by atoms with Crippen LogP contribution in [-0.2, 0) is 11.3 Å². The number of nitrogens with zero attached hydrogens (tertiary/aromatic N) is 2. The van der Waals surface area contributed by atoms with E-state index in [0.717, 1.165) is 40.3 Å². The second kappa shape index (κ2) is 7.63. The number of para-hydroxylation sites is 1. The number of hydrogen-bond acceptors (Lipinski definition) is 5. The van der Waals surface area contributed by atoms with E-state index in [1.165, 1.54) is 11.6 Å². The lowest BCUT2D eigenvalue weighted by Gasteiger charge is -2.12. The first-order chi connectivity index (χ1) is 14.0. The fraction of sp³-hybridized carbons (Fsp3) is 0.190. The van der Waals surface area contributed by atoms with Gasteiger partial charge in [0.1, 0.15) is 5.82 Å². The molecule has 2 aromatic carbocycles. The third kappa shape index (κ3) is 3.71. The lowest BCUT2D eigenvalue weighted by atomic mass is 10.1. The van der Waals surface area contributed by atoms with Crippen LogP contribution in [0, 0.1) is 0 Å². The van der Waals surface area contributed by atoms with Crippen molar-refractivity contribution in [3.63, 3.8) is 0 Å². The predicted molar refractivity (Wildman–Crippen MR) is 118 cm³/mol. The van der Waals surface area contributed by atoms with Gasteiger partial charge in [-0.15, -0.1) is 0 Å². The van der Waals surface area contributed by atoms with E-state index in [-0.39, 0.29) is 17.3 Å². The monoisotopic (exact) mass is 407 g/mol. The molecule has 0 aliphatic heterocycles. The number of nitrogen functional groups attached to an aromatic ring is 1. The number of amides is 1. The third-order valence-electron chi connectivity index (χ3n) is 4.75. The molecule has 7 nitrogen and oxygen atoms in total. The zero-order valence-electron chi connectivity index (χ0n) is 16.1. The molecule has 0 aliphatic carbocycles. The van der Waals surface area contributed by atoms with Gasteiger partial charge in [0.15, 0.2) is 5.16 Å². The number of aromatic nitrogens is 3. The summed E-state index contributed by atoms with van der Waals surface area (Å²) in [5, 5.41) is 5.06. The van der Waals surface area contributed by atoms with Crippen molar-refractivity contribution >= 4 is 51.0 Å². The van der Waals surface area contributed by atoms with Crippen molar-refractivity contribution in [2.24, 2.45) is 0 Å². The Labute approximate surface area is 171 Å². The van der Waals surface area contributed by atoms with Crippen LogP contribution in [0.1, 0.15) is 13.8 Å². The Hall–Kier alpha value is -3.26. The maximum absolute atomic E-state index is 12.7. The van der Waals surface area contributed by atoms with Gasteiger partial charge in [-0.05, 0) is 38.1 Å². The van der Waals surface area contributed by atoms with Crippen LogP contribution in [0.5, 0.6) is 0 Å². The van der Waals surface area contributed by atoms with E-state index in [1.54, 1.807) is 6.92 Å². The second-order valence-electron chi connectivity index (χ2n) is 6.72. The first kappa shape index (κ1) is 19.1. The fourth-order valence-electron chi connectivity index (χ4n) is 3.45. The molecule has 1 unspecified atom stereocenters. The molecule has 4 N–H and O–H groups in total. The maximum atomic E-state index is 12.7. The number of anilines is 2. The summed E-state index contributed by atoms with van der Waals surface area (Å²) in [6.07, 6.45) is 0. The van der Waals surface area contributed by atoms with Gasteiger partial charge in [-0.2, -0.15) is 0 Å². The number of benzene rings is 2. The Morgan fingerprint density at radius 3 is 2.72 bits per heavy atom. The number of nitrogens with two attached hydrogens (primary N) is 1. The van der Waals surface area contributed by atoms with Gasteiger partial charge < -0.3 is 20.6 Å². The highest BCUT2D eigenvalue weighted by atomic mass is 32.2. The fourth-order valence-corrected chi connectivity index (χ4v) is 4.26. The minimum Gasteiger partial charge on any atom is -0.383 e. The minimum absolute atomic E-state index is 0.127. The molecule has 1 atom stereocenters. The van der Waals surface area contributed by atoms with Gasteiger partial charge in [0, 0.05) is 40.1 Å². The molecule has 0 bridgehead atoms. The summed E-state index contributed by atoms with van der Waals surface area (Å²) in [6, 6.07) is 15.4. The molecule has 4 rings (SSSR count). The van der Waals surface area contributed by atoms with E-state index in [4.69, 9.17) is 5.73 Å². The molecule has 0 saturated carbocycles. The molecule has 0 fully saturated rings. The minimum atomic E-state index is -0.465. The summed E-state index contributed by atoms with van der Waals surface area (Å²) >= 11 is 1.15. The van der Waals surface area contributed by atoms with Gasteiger partial charge in [0.2, 0.25) is 5.91 Å². The number of carbonyl (C=O) groups is 1. The molecule has 8 heteroatoms. The molecule has 148 valence electrons. The molecule has 0 radical (unpaired) electrons. The molecule has 1 amide bonds.